The van der Waals surface area contributed by atoms with Crippen molar-refractivity contribution in [3.63, 3.8) is 0 Å². The predicted molar refractivity (Wildman–Crippen MR) is 229 cm³/mol. The van der Waals surface area contributed by atoms with Crippen molar-refractivity contribution in [2.45, 2.75) is 196 Å². The second-order valence-corrected chi connectivity index (χ2v) is 20.8. The lowest BCUT2D eigenvalue weighted by Gasteiger charge is -2.28. The van der Waals surface area contributed by atoms with Crippen LogP contribution in [-0.2, 0) is 36.1 Å². The molecule has 0 amide bonds. The van der Waals surface area contributed by atoms with E-state index in [9.17, 15) is 9.59 Å². The summed E-state index contributed by atoms with van der Waals surface area (Å²) >= 11 is 2.93. The summed E-state index contributed by atoms with van der Waals surface area (Å²) in [6.45, 7) is 20.0. The summed E-state index contributed by atoms with van der Waals surface area (Å²) in [5, 5.41) is 0.652. The molecule has 0 fully saturated rings. The highest BCUT2D eigenvalue weighted by molar-refractivity contribution is 8.13. The highest BCUT2D eigenvalue weighted by atomic mass is 32.2. The third kappa shape index (κ3) is 33.6. The van der Waals surface area contributed by atoms with Crippen molar-refractivity contribution in [2.75, 3.05) is 51.1 Å². The molecule has 0 heterocycles. The summed E-state index contributed by atoms with van der Waals surface area (Å²) in [6, 6.07) is 1.58. The molecule has 0 atom stereocenters. The van der Waals surface area contributed by atoms with E-state index in [1.54, 1.807) is 0 Å². The molecule has 0 aliphatic heterocycles. The van der Waals surface area contributed by atoms with Crippen LogP contribution in [0, 0.1) is 0 Å². The number of thioether (sulfide) groups is 2. The van der Waals surface area contributed by atoms with Crippen molar-refractivity contribution in [1.82, 2.24) is 0 Å². The van der Waals surface area contributed by atoms with Crippen LogP contribution in [0.1, 0.15) is 184 Å². The first-order valence-electron chi connectivity index (χ1n) is 21.4. The summed E-state index contributed by atoms with van der Waals surface area (Å²) in [7, 11) is -5.08. The number of rotatable bonds is 38. The van der Waals surface area contributed by atoms with E-state index in [2.05, 4.69) is 13.8 Å². The van der Waals surface area contributed by atoms with Crippen molar-refractivity contribution in [3.05, 3.63) is 0 Å². The van der Waals surface area contributed by atoms with Gasteiger partial charge in [-0.15, -0.1) is 0 Å². The van der Waals surface area contributed by atoms with E-state index in [1.165, 1.54) is 113 Å². The Kier molecular flexibility index (Phi) is 42.7. The van der Waals surface area contributed by atoms with Gasteiger partial charge in [-0.2, -0.15) is 0 Å². The number of carbonyl (C=O) groups is 2. The molecule has 0 radical (unpaired) electrons. The van der Waals surface area contributed by atoms with Gasteiger partial charge >= 0.3 is 17.6 Å². The van der Waals surface area contributed by atoms with Crippen LogP contribution in [0.3, 0.4) is 0 Å². The van der Waals surface area contributed by atoms with E-state index in [1.807, 2.05) is 41.5 Å². The summed E-state index contributed by atoms with van der Waals surface area (Å²) < 4.78 is 35.1. The van der Waals surface area contributed by atoms with Crippen molar-refractivity contribution in [1.29, 1.82) is 0 Å². The first-order valence-corrected chi connectivity index (χ1v) is 27.3. The molecule has 0 saturated heterocycles. The van der Waals surface area contributed by atoms with E-state index in [4.69, 9.17) is 26.6 Å². The maximum Gasteiger partial charge on any atom is 0.500 e. The predicted octanol–water partition coefficient (Wildman–Crippen LogP) is 12.4. The van der Waals surface area contributed by atoms with Crippen LogP contribution in [-0.4, -0.2) is 79.0 Å². The molecule has 52 heavy (non-hydrogen) atoms. The third-order valence-corrected chi connectivity index (χ3v) is 16.8. The summed E-state index contributed by atoms with van der Waals surface area (Å²) in [4.78, 5) is 24.0. The van der Waals surface area contributed by atoms with E-state index in [0.29, 0.717) is 62.7 Å². The van der Waals surface area contributed by atoms with Crippen molar-refractivity contribution >= 4 is 51.4 Å². The zero-order valence-corrected chi connectivity index (χ0v) is 38.9. The van der Waals surface area contributed by atoms with Gasteiger partial charge in [-0.05, 0) is 67.2 Å². The van der Waals surface area contributed by atoms with Gasteiger partial charge in [0, 0.05) is 76.1 Å². The van der Waals surface area contributed by atoms with Crippen LogP contribution in [0.15, 0.2) is 0 Å². The van der Waals surface area contributed by atoms with Crippen LogP contribution in [0.4, 0.5) is 0 Å². The zero-order valence-electron chi connectivity index (χ0n) is 35.3. The Morgan fingerprint density at radius 1 is 0.365 bits per heavy atom. The molecule has 0 N–H and O–H groups in total. The molecule has 0 aliphatic rings. The topological polar surface area (TPSA) is 89.5 Å². The fourth-order valence-electron chi connectivity index (χ4n) is 5.90. The Morgan fingerprint density at radius 2 is 0.615 bits per heavy atom. The molecule has 8 nitrogen and oxygen atoms in total. The number of carbonyl (C=O) groups excluding carboxylic acids is 2. The quantitative estimate of drug-likeness (QED) is 0.0443. The van der Waals surface area contributed by atoms with E-state index in [0.717, 1.165) is 49.3 Å². The van der Waals surface area contributed by atoms with E-state index >= 15 is 0 Å². The second kappa shape index (κ2) is 40.9. The minimum atomic E-state index is -2.54. The smallest absolute Gasteiger partial charge is 0.374 e. The van der Waals surface area contributed by atoms with Crippen LogP contribution >= 0.6 is 23.5 Å². The summed E-state index contributed by atoms with van der Waals surface area (Å²) in [5.74, 6) is 1.66. The first kappa shape index (κ1) is 54.3. The molecule has 12 heteroatoms. The molecular formula is C40H84O8S2Si2. The van der Waals surface area contributed by atoms with Crippen LogP contribution < -0.4 is 0 Å². The molecule has 0 spiro atoms. The first-order chi connectivity index (χ1) is 25.3. The Balaban J connectivity index is 0. The number of unbranched alkanes of at least 4 members (excludes halogenated alkanes) is 14. The average Bonchev–Trinajstić information content (AvgIpc) is 3.12. The van der Waals surface area contributed by atoms with Gasteiger partial charge in [-0.25, -0.2) is 0 Å². The van der Waals surface area contributed by atoms with Gasteiger partial charge in [-0.3, -0.25) is 9.59 Å². The zero-order chi connectivity index (χ0) is 39.0. The van der Waals surface area contributed by atoms with Crippen molar-refractivity contribution in [3.8, 4) is 0 Å². The average molecular weight is 813 g/mol. The second-order valence-electron chi connectivity index (χ2n) is 13.1. The van der Waals surface area contributed by atoms with Crippen molar-refractivity contribution in [2.24, 2.45) is 0 Å². The SMILES string of the molecule is CCCCCCCCCC(=O)SCCC[Si](OCC)(OCC)OCC.CCCCCCCCCCCC(=O)SCCC[Si](OCC)(OCC)OCC. The van der Waals surface area contributed by atoms with Crippen LogP contribution in [0.2, 0.25) is 12.1 Å². The fraction of sp³-hybridized carbons (Fsp3) is 0.950. The van der Waals surface area contributed by atoms with Crippen LogP contribution in [0.25, 0.3) is 0 Å². The highest BCUT2D eigenvalue weighted by Gasteiger charge is 2.40. The van der Waals surface area contributed by atoms with Gasteiger partial charge in [0.15, 0.2) is 10.2 Å². The molecular weight excluding hydrogens is 729 g/mol. The summed E-state index contributed by atoms with van der Waals surface area (Å²) in [5.41, 5.74) is 0. The molecule has 312 valence electrons. The lowest BCUT2D eigenvalue weighted by Crippen LogP contribution is -2.46. The van der Waals surface area contributed by atoms with Crippen molar-refractivity contribution < 1.29 is 36.1 Å². The molecule has 0 unspecified atom stereocenters. The summed E-state index contributed by atoms with van der Waals surface area (Å²) in [6.07, 6.45) is 23.6. The molecule has 0 aliphatic carbocycles. The van der Waals surface area contributed by atoms with E-state index < -0.39 is 17.6 Å². The maximum absolute atomic E-state index is 12.0. The molecule has 0 saturated carbocycles. The normalized spacial score (nSPS) is 11.8. The Labute approximate surface area is 333 Å². The maximum atomic E-state index is 12.0. The minimum absolute atomic E-state index is 0.324. The molecule has 0 bridgehead atoms. The largest absolute Gasteiger partial charge is 0.500 e. The van der Waals surface area contributed by atoms with Gasteiger partial charge in [0.05, 0.1) is 0 Å². The van der Waals surface area contributed by atoms with Gasteiger partial charge in [0.2, 0.25) is 0 Å². The van der Waals surface area contributed by atoms with E-state index in [-0.39, 0.29) is 0 Å². The lowest BCUT2D eigenvalue weighted by molar-refractivity contribution is -0.111. The Morgan fingerprint density at radius 3 is 0.865 bits per heavy atom. The lowest BCUT2D eigenvalue weighted by atomic mass is 10.1. The standard InChI is InChI=1S/C21H44O4SSi.C19H40O4SSi/c1-5-9-10-11-12-13-14-15-16-18-21(22)26-19-17-20-27(23-6-2,24-7-3)25-8-4;1-5-9-10-11-12-13-14-16-19(20)24-17-15-18-25(21-6-2,22-7-3)23-8-4/h5-20H2,1-4H3;5-18H2,1-4H3. The minimum Gasteiger partial charge on any atom is -0.374 e. The molecule has 0 aromatic heterocycles. The van der Waals surface area contributed by atoms with Gasteiger partial charge in [0.1, 0.15) is 0 Å². The molecule has 0 rings (SSSR count). The Bertz CT molecular complexity index is 748. The third-order valence-electron chi connectivity index (χ3n) is 8.44. The number of hydrogen-bond acceptors (Lipinski definition) is 10. The van der Waals surface area contributed by atoms with Gasteiger partial charge < -0.3 is 26.6 Å². The number of hydrogen-bond donors (Lipinski definition) is 0. The van der Waals surface area contributed by atoms with Gasteiger partial charge in [-0.1, -0.05) is 127 Å². The molecule has 0 aromatic rings. The highest BCUT2D eigenvalue weighted by Crippen LogP contribution is 2.23. The van der Waals surface area contributed by atoms with Crippen LogP contribution in [0.5, 0.6) is 0 Å². The molecule has 0 aromatic carbocycles. The Hall–Kier alpha value is 0.234. The fourth-order valence-corrected chi connectivity index (χ4v) is 13.2. The monoisotopic (exact) mass is 813 g/mol. The van der Waals surface area contributed by atoms with Gasteiger partial charge in [0.25, 0.3) is 0 Å².